The van der Waals surface area contributed by atoms with E-state index >= 15 is 0 Å². The summed E-state index contributed by atoms with van der Waals surface area (Å²) in [5.74, 6) is -0.196. The highest BCUT2D eigenvalue weighted by molar-refractivity contribution is 6.10. The fourth-order valence-corrected chi connectivity index (χ4v) is 3.36. The van der Waals surface area contributed by atoms with Crippen LogP contribution < -0.4 is 0 Å². The first-order valence-corrected chi connectivity index (χ1v) is 11.5. The minimum Gasteiger partial charge on any atom is -0.392 e. The lowest BCUT2D eigenvalue weighted by molar-refractivity contribution is 0.103. The van der Waals surface area contributed by atoms with E-state index in [9.17, 15) is 14.7 Å². The van der Waals surface area contributed by atoms with E-state index in [0.29, 0.717) is 22.3 Å². The number of hydrogen-bond acceptors (Lipinski definition) is 7. The molecule has 2 heterocycles. The molecular weight excluding hydrogens is 456 g/mol. The Hall–Kier alpha value is -4.04. The molecule has 2 aliphatic rings. The molecule has 0 radical (unpaired) electrons. The average Bonchev–Trinajstić information content (AvgIpc) is 3.65. The van der Waals surface area contributed by atoms with Crippen LogP contribution in [0.5, 0.6) is 0 Å². The van der Waals surface area contributed by atoms with Crippen LogP contribution in [0.3, 0.4) is 0 Å². The van der Waals surface area contributed by atoms with Gasteiger partial charge < -0.3 is 15.3 Å². The number of ketones is 2. The van der Waals surface area contributed by atoms with E-state index in [1.54, 1.807) is 67.0 Å². The first kappa shape index (κ1) is 26.6. The minimum absolute atomic E-state index is 0.00716. The summed E-state index contributed by atoms with van der Waals surface area (Å²) in [7, 11) is 0. The van der Waals surface area contributed by atoms with Gasteiger partial charge >= 0.3 is 0 Å². The molecule has 0 aromatic heterocycles. The van der Waals surface area contributed by atoms with Crippen molar-refractivity contribution in [2.45, 2.75) is 32.7 Å². The van der Waals surface area contributed by atoms with E-state index in [2.05, 4.69) is 9.98 Å². The average molecular weight is 485 g/mol. The molecule has 7 heteroatoms. The van der Waals surface area contributed by atoms with Gasteiger partial charge in [0.05, 0.1) is 19.8 Å². The van der Waals surface area contributed by atoms with Gasteiger partial charge in [0.2, 0.25) is 0 Å². The Balaban J connectivity index is 0.000000202. The fraction of sp³-hybridized carbons (Fsp3) is 0.172. The molecule has 3 N–H and O–H groups in total. The normalized spacial score (nSPS) is 14.2. The summed E-state index contributed by atoms with van der Waals surface area (Å²) < 4.78 is 0. The van der Waals surface area contributed by atoms with E-state index in [1.807, 2.05) is 12.2 Å². The molecule has 0 unspecified atom stereocenters. The summed E-state index contributed by atoms with van der Waals surface area (Å²) in [6.45, 7) is -0.354. The van der Waals surface area contributed by atoms with Gasteiger partial charge in [-0.3, -0.25) is 19.6 Å². The van der Waals surface area contributed by atoms with Crippen molar-refractivity contribution in [3.05, 3.63) is 119 Å². The first-order chi connectivity index (χ1) is 17.5. The third-order valence-corrected chi connectivity index (χ3v) is 5.45. The third-order valence-electron chi connectivity index (χ3n) is 5.45. The molecule has 0 saturated carbocycles. The van der Waals surface area contributed by atoms with Crippen molar-refractivity contribution in [3.63, 3.8) is 0 Å². The van der Waals surface area contributed by atoms with Crippen LogP contribution >= 0.6 is 0 Å². The molecule has 2 aromatic carbocycles. The second-order valence-electron chi connectivity index (χ2n) is 7.97. The molecule has 36 heavy (non-hydrogen) atoms. The Morgan fingerprint density at radius 2 is 1.22 bits per heavy atom. The lowest BCUT2D eigenvalue weighted by atomic mass is 10.0. The van der Waals surface area contributed by atoms with Gasteiger partial charge in [0, 0.05) is 47.8 Å². The number of nitrogens with zero attached hydrogens (tertiary/aromatic N) is 2. The quantitative estimate of drug-likeness (QED) is 0.367. The molecule has 0 fully saturated rings. The van der Waals surface area contributed by atoms with Crippen LogP contribution in [0.2, 0.25) is 0 Å². The van der Waals surface area contributed by atoms with Crippen molar-refractivity contribution in [2.24, 2.45) is 9.98 Å². The number of aliphatic hydroxyl groups is 3. The van der Waals surface area contributed by atoms with Gasteiger partial charge in [-0.2, -0.15) is 0 Å². The fourth-order valence-electron chi connectivity index (χ4n) is 3.36. The second-order valence-corrected chi connectivity index (χ2v) is 7.97. The summed E-state index contributed by atoms with van der Waals surface area (Å²) in [4.78, 5) is 31.9. The lowest BCUT2D eigenvalue weighted by Crippen LogP contribution is -2.01. The molecule has 0 bridgehead atoms. The molecule has 0 atom stereocenters. The number of rotatable bonds is 9. The molecule has 0 aliphatic carbocycles. The molecule has 4 rings (SSSR count). The van der Waals surface area contributed by atoms with E-state index in [-0.39, 0.29) is 31.4 Å². The van der Waals surface area contributed by atoms with Gasteiger partial charge in [-0.1, -0.05) is 48.6 Å². The Labute approximate surface area is 209 Å². The summed E-state index contributed by atoms with van der Waals surface area (Å²) in [6.07, 6.45) is 15.3. The first-order valence-electron chi connectivity index (χ1n) is 11.5. The van der Waals surface area contributed by atoms with Crippen LogP contribution in [0.1, 0.15) is 50.2 Å². The Bertz CT molecular complexity index is 1270. The van der Waals surface area contributed by atoms with Gasteiger partial charge in [0.1, 0.15) is 0 Å². The van der Waals surface area contributed by atoms with Crippen molar-refractivity contribution in [3.8, 4) is 0 Å². The van der Waals surface area contributed by atoms with Crippen molar-refractivity contribution in [1.82, 2.24) is 0 Å². The van der Waals surface area contributed by atoms with E-state index in [1.165, 1.54) is 12.2 Å². The molecule has 2 aliphatic heterocycles. The lowest BCUT2D eigenvalue weighted by Gasteiger charge is -2.06. The molecule has 2 aromatic rings. The smallest absolute Gasteiger partial charge is 0.185 e. The van der Waals surface area contributed by atoms with Crippen LogP contribution in [-0.4, -0.2) is 38.3 Å². The number of allylic oxidation sites excluding steroid dienone is 6. The maximum Gasteiger partial charge on any atom is 0.185 e. The van der Waals surface area contributed by atoms with E-state index < -0.39 is 0 Å². The summed E-state index contributed by atoms with van der Waals surface area (Å²) >= 11 is 0. The summed E-state index contributed by atoms with van der Waals surface area (Å²) in [5, 5.41) is 27.2. The number of hydrogen-bond donors (Lipinski definition) is 3. The Morgan fingerprint density at radius 1 is 0.694 bits per heavy atom. The van der Waals surface area contributed by atoms with Crippen molar-refractivity contribution in [1.29, 1.82) is 0 Å². The third kappa shape index (κ3) is 7.74. The van der Waals surface area contributed by atoms with Crippen LogP contribution in [0.4, 0.5) is 0 Å². The maximum absolute atomic E-state index is 12.0. The van der Waals surface area contributed by atoms with Crippen molar-refractivity contribution in [2.75, 3.05) is 0 Å². The molecule has 0 saturated heterocycles. The number of carbonyl (C=O) groups excluding carboxylic acids is 2. The zero-order valence-electron chi connectivity index (χ0n) is 19.7. The van der Waals surface area contributed by atoms with Gasteiger partial charge in [-0.15, -0.1) is 0 Å². The zero-order chi connectivity index (χ0) is 25.8. The maximum atomic E-state index is 12.0. The second kappa shape index (κ2) is 13.7. The largest absolute Gasteiger partial charge is 0.392 e. The highest BCUT2D eigenvalue weighted by Crippen LogP contribution is 2.14. The highest BCUT2D eigenvalue weighted by Gasteiger charge is 2.07. The summed E-state index contributed by atoms with van der Waals surface area (Å²) in [6, 6.07) is 11.8. The van der Waals surface area contributed by atoms with Crippen molar-refractivity contribution >= 4 is 23.0 Å². The molecule has 0 amide bonds. The number of benzene rings is 2. The van der Waals surface area contributed by atoms with E-state index in [0.717, 1.165) is 29.8 Å². The Kier molecular flexibility index (Phi) is 10.1. The van der Waals surface area contributed by atoms with Crippen LogP contribution in [0.25, 0.3) is 0 Å². The predicted octanol–water partition coefficient (Wildman–Crippen LogP) is 4.04. The SMILES string of the molecule is O=C(/C=C/C1=NC=CC1)c1ccc(CO)c(CO)c1.O=C(/C=C/C1=NC=CC1)c1ccc(CO)cc1. The number of aliphatic imine (C=N–C) groups is 2. The topological polar surface area (TPSA) is 120 Å². The van der Waals surface area contributed by atoms with Crippen molar-refractivity contribution < 1.29 is 24.9 Å². The zero-order valence-corrected chi connectivity index (χ0v) is 19.7. The van der Waals surface area contributed by atoms with Gasteiger partial charge in [-0.05, 0) is 47.1 Å². The molecular formula is C29H28N2O5. The summed E-state index contributed by atoms with van der Waals surface area (Å²) in [5.41, 5.74) is 4.85. The van der Waals surface area contributed by atoms with Crippen LogP contribution in [0, 0.1) is 0 Å². The number of aliphatic hydroxyl groups excluding tert-OH is 3. The molecule has 7 nitrogen and oxygen atoms in total. The molecule has 0 spiro atoms. The number of carbonyl (C=O) groups is 2. The standard InChI is InChI=1S/C15H15NO3.C14H13NO2/c17-9-12-4-3-11(8-13(12)10-18)15(19)6-5-14-2-1-7-16-14;16-10-11-3-5-12(6-4-11)14(17)8-7-13-2-1-9-15-13/h1,3-8,17-18H,2,9-10H2;1,3-9,16H,2,10H2/b6-5+;8-7+. The molecule has 184 valence electrons. The minimum atomic E-state index is -0.197. The monoisotopic (exact) mass is 484 g/mol. The van der Waals surface area contributed by atoms with Gasteiger partial charge in [-0.25, -0.2) is 0 Å². The Morgan fingerprint density at radius 3 is 1.69 bits per heavy atom. The van der Waals surface area contributed by atoms with Crippen LogP contribution in [-0.2, 0) is 19.8 Å². The highest BCUT2D eigenvalue weighted by atomic mass is 16.3. The van der Waals surface area contributed by atoms with Gasteiger partial charge in [0.15, 0.2) is 11.6 Å². The van der Waals surface area contributed by atoms with E-state index in [4.69, 9.17) is 10.2 Å². The van der Waals surface area contributed by atoms with Gasteiger partial charge in [0.25, 0.3) is 0 Å². The van der Waals surface area contributed by atoms with Crippen LogP contribution in [0.15, 0.2) is 101 Å². The predicted molar refractivity (Wildman–Crippen MR) is 140 cm³/mol.